The van der Waals surface area contributed by atoms with Gasteiger partial charge in [-0.05, 0) is 11.6 Å². The van der Waals surface area contributed by atoms with Gasteiger partial charge in [-0.3, -0.25) is 14.9 Å². The van der Waals surface area contributed by atoms with E-state index in [0.29, 0.717) is 11.1 Å². The molecule has 1 N–H and O–H groups in total. The van der Waals surface area contributed by atoms with Crippen LogP contribution in [-0.4, -0.2) is 22.9 Å². The van der Waals surface area contributed by atoms with Crippen LogP contribution in [0.2, 0.25) is 0 Å². The lowest BCUT2D eigenvalue weighted by atomic mass is 10.0. The number of aliphatic hydroxyl groups excluding tert-OH is 1. The number of non-ortho nitro benzene ring substituents is 1. The van der Waals surface area contributed by atoms with Gasteiger partial charge in [0, 0.05) is 36.2 Å². The summed E-state index contributed by atoms with van der Waals surface area (Å²) in [6, 6.07) is 12.8. The molecule has 0 saturated heterocycles. The van der Waals surface area contributed by atoms with E-state index in [1.54, 1.807) is 36.4 Å². The summed E-state index contributed by atoms with van der Waals surface area (Å²) in [7, 11) is 1.00. The molecule has 2 aromatic carbocycles. The van der Waals surface area contributed by atoms with Crippen molar-refractivity contribution in [1.29, 1.82) is 0 Å². The summed E-state index contributed by atoms with van der Waals surface area (Å²) >= 11 is 5.69. The van der Waals surface area contributed by atoms with Crippen LogP contribution < -0.4 is 0 Å². The van der Waals surface area contributed by atoms with Crippen molar-refractivity contribution in [2.45, 2.75) is 5.88 Å². The predicted molar refractivity (Wildman–Crippen MR) is 80.7 cm³/mol. The van der Waals surface area contributed by atoms with Gasteiger partial charge in [0.05, 0.1) is 4.92 Å². The molecule has 21 heavy (non-hydrogen) atoms. The topological polar surface area (TPSA) is 80.4 Å². The van der Waals surface area contributed by atoms with Gasteiger partial charge in [0.1, 0.15) is 0 Å². The first-order chi connectivity index (χ1) is 10.1. The van der Waals surface area contributed by atoms with E-state index in [-0.39, 0.29) is 22.9 Å². The van der Waals surface area contributed by atoms with Gasteiger partial charge in [-0.15, -0.1) is 11.6 Å². The molecule has 0 aliphatic heterocycles. The Morgan fingerprint density at radius 1 is 1.14 bits per heavy atom. The zero-order valence-corrected chi connectivity index (χ0v) is 12.1. The van der Waals surface area contributed by atoms with E-state index in [2.05, 4.69) is 0 Å². The van der Waals surface area contributed by atoms with Crippen LogP contribution >= 0.6 is 11.6 Å². The number of aliphatic hydroxyl groups is 1. The summed E-state index contributed by atoms with van der Waals surface area (Å²) in [6.07, 6.45) is 0. The number of nitro benzene ring substituents is 1. The molecule has 2 rings (SSSR count). The van der Waals surface area contributed by atoms with Crippen molar-refractivity contribution in [2.24, 2.45) is 0 Å². The fraction of sp³-hybridized carbons (Fsp3) is 0.133. The fourth-order valence-electron chi connectivity index (χ4n) is 1.74. The molecule has 0 spiro atoms. The maximum atomic E-state index is 12.2. The third-order valence-electron chi connectivity index (χ3n) is 2.64. The number of carbonyl (C=O) groups excluding carboxylic acids is 1. The Bertz CT molecular complexity index is 629. The molecule has 0 unspecified atom stereocenters. The first-order valence-corrected chi connectivity index (χ1v) is 6.54. The predicted octanol–water partition coefficient (Wildman–Crippen LogP) is 3.17. The van der Waals surface area contributed by atoms with Crippen LogP contribution in [0.3, 0.4) is 0 Å². The molecule has 2 aromatic rings. The first-order valence-electron chi connectivity index (χ1n) is 6.00. The van der Waals surface area contributed by atoms with Crippen molar-refractivity contribution in [2.75, 3.05) is 7.11 Å². The first kappa shape index (κ1) is 16.8. The summed E-state index contributed by atoms with van der Waals surface area (Å²) in [5.41, 5.74) is 1.19. The number of nitrogens with zero attached hydrogens (tertiary/aromatic N) is 1. The Labute approximate surface area is 127 Å². The van der Waals surface area contributed by atoms with Crippen LogP contribution in [0, 0.1) is 10.1 Å². The summed E-state index contributed by atoms with van der Waals surface area (Å²) in [5.74, 6) is -0.132. The van der Waals surface area contributed by atoms with Crippen LogP contribution in [0.5, 0.6) is 0 Å². The normalized spacial score (nSPS) is 9.48. The maximum absolute atomic E-state index is 12.2. The van der Waals surface area contributed by atoms with Gasteiger partial charge in [-0.1, -0.05) is 30.3 Å². The lowest BCUT2D eigenvalue weighted by Crippen LogP contribution is -2.03. The van der Waals surface area contributed by atoms with Crippen molar-refractivity contribution in [3.05, 3.63) is 75.3 Å². The minimum Gasteiger partial charge on any atom is -0.400 e. The standard InChI is InChI=1S/C14H10ClNO3.CH4O/c15-9-10-6-12(8-13(7-10)16(18)19)14(17)11-4-2-1-3-5-11;1-2/h1-8H,9H2;2H,1H3. The number of benzene rings is 2. The molecule has 0 heterocycles. The number of hydrogen-bond acceptors (Lipinski definition) is 4. The van der Waals surface area contributed by atoms with Gasteiger partial charge >= 0.3 is 0 Å². The van der Waals surface area contributed by atoms with E-state index in [1.165, 1.54) is 12.1 Å². The lowest BCUT2D eigenvalue weighted by molar-refractivity contribution is -0.384. The number of hydrogen-bond donors (Lipinski definition) is 1. The Kier molecular flexibility index (Phi) is 6.52. The van der Waals surface area contributed by atoms with Gasteiger partial charge in [0.15, 0.2) is 5.78 Å². The zero-order chi connectivity index (χ0) is 15.8. The quantitative estimate of drug-likeness (QED) is 0.407. The molecule has 0 atom stereocenters. The molecule has 0 bridgehead atoms. The van der Waals surface area contributed by atoms with Crippen LogP contribution in [0.15, 0.2) is 48.5 Å². The average molecular weight is 308 g/mol. The number of halogens is 1. The number of carbonyl (C=O) groups is 1. The Morgan fingerprint density at radius 2 is 1.76 bits per heavy atom. The molecular formula is C15H14ClNO4. The molecule has 0 amide bonds. The molecule has 0 saturated carbocycles. The molecule has 110 valence electrons. The van der Waals surface area contributed by atoms with E-state index in [0.717, 1.165) is 7.11 Å². The zero-order valence-electron chi connectivity index (χ0n) is 11.3. The van der Waals surface area contributed by atoms with E-state index in [4.69, 9.17) is 16.7 Å². The van der Waals surface area contributed by atoms with Crippen molar-refractivity contribution in [3.8, 4) is 0 Å². The Balaban J connectivity index is 0.00000106. The monoisotopic (exact) mass is 307 g/mol. The number of nitro groups is 1. The largest absolute Gasteiger partial charge is 0.400 e. The minimum absolute atomic E-state index is 0.122. The van der Waals surface area contributed by atoms with E-state index in [9.17, 15) is 14.9 Å². The van der Waals surface area contributed by atoms with Crippen LogP contribution in [-0.2, 0) is 5.88 Å². The average Bonchev–Trinajstić information content (AvgIpc) is 2.56. The highest BCUT2D eigenvalue weighted by atomic mass is 35.5. The van der Waals surface area contributed by atoms with Crippen molar-refractivity contribution in [3.63, 3.8) is 0 Å². The van der Waals surface area contributed by atoms with E-state index < -0.39 is 4.92 Å². The third-order valence-corrected chi connectivity index (χ3v) is 2.95. The molecule has 0 fully saturated rings. The summed E-state index contributed by atoms with van der Waals surface area (Å²) in [4.78, 5) is 22.5. The Morgan fingerprint density at radius 3 is 2.29 bits per heavy atom. The molecular weight excluding hydrogens is 294 g/mol. The second-order valence-corrected chi connectivity index (χ2v) is 4.24. The van der Waals surface area contributed by atoms with Crippen LogP contribution in [0.4, 0.5) is 5.69 Å². The highest BCUT2D eigenvalue weighted by Gasteiger charge is 2.15. The molecule has 0 aromatic heterocycles. The van der Waals surface area contributed by atoms with Gasteiger partial charge in [0.2, 0.25) is 0 Å². The van der Waals surface area contributed by atoms with Crippen molar-refractivity contribution < 1.29 is 14.8 Å². The second kappa shape index (κ2) is 8.14. The smallest absolute Gasteiger partial charge is 0.270 e. The van der Waals surface area contributed by atoms with Crippen molar-refractivity contribution >= 4 is 23.1 Å². The highest BCUT2D eigenvalue weighted by molar-refractivity contribution is 6.17. The van der Waals surface area contributed by atoms with Crippen LogP contribution in [0.25, 0.3) is 0 Å². The van der Waals surface area contributed by atoms with E-state index in [1.807, 2.05) is 0 Å². The van der Waals surface area contributed by atoms with Gasteiger partial charge in [-0.2, -0.15) is 0 Å². The summed E-state index contributed by atoms with van der Waals surface area (Å²) < 4.78 is 0. The number of rotatable bonds is 4. The van der Waals surface area contributed by atoms with Gasteiger partial charge in [-0.25, -0.2) is 0 Å². The summed E-state index contributed by atoms with van der Waals surface area (Å²) in [5, 5.41) is 17.8. The highest BCUT2D eigenvalue weighted by Crippen LogP contribution is 2.21. The van der Waals surface area contributed by atoms with Gasteiger partial charge in [0.25, 0.3) is 5.69 Å². The molecule has 0 aliphatic rings. The Hall–Kier alpha value is -2.24. The fourth-order valence-corrected chi connectivity index (χ4v) is 1.90. The van der Waals surface area contributed by atoms with Gasteiger partial charge < -0.3 is 5.11 Å². The van der Waals surface area contributed by atoms with Crippen molar-refractivity contribution in [1.82, 2.24) is 0 Å². The summed E-state index contributed by atoms with van der Waals surface area (Å²) in [6.45, 7) is 0. The SMILES string of the molecule is CO.O=C(c1ccccc1)c1cc(CCl)cc([N+](=O)[O-])c1. The maximum Gasteiger partial charge on any atom is 0.270 e. The van der Waals surface area contributed by atoms with Crippen LogP contribution in [0.1, 0.15) is 21.5 Å². The number of alkyl halides is 1. The second-order valence-electron chi connectivity index (χ2n) is 3.97. The molecule has 5 nitrogen and oxygen atoms in total. The lowest BCUT2D eigenvalue weighted by Gasteiger charge is -2.03. The minimum atomic E-state index is -0.530. The van der Waals surface area contributed by atoms with E-state index >= 15 is 0 Å². The third kappa shape index (κ3) is 4.37. The molecule has 0 aliphatic carbocycles. The molecule has 0 radical (unpaired) electrons. The molecule has 6 heteroatoms. The number of ketones is 1.